The molecule has 0 aliphatic carbocycles. The Labute approximate surface area is 185 Å². The van der Waals surface area contributed by atoms with E-state index in [4.69, 9.17) is 0 Å². The van der Waals surface area contributed by atoms with Crippen LogP contribution in [0.15, 0.2) is 53.8 Å². The molecule has 3 heterocycles. The minimum absolute atomic E-state index is 0. The number of nitrogens with one attached hydrogen (secondary N) is 2. The largest absolute Gasteiger partial charge is 0.365 e. The number of anilines is 1. The molecule has 154 valence electrons. The van der Waals surface area contributed by atoms with Crippen molar-refractivity contribution in [3.05, 3.63) is 66.1 Å². The molecule has 29 heavy (non-hydrogen) atoms. The van der Waals surface area contributed by atoms with Gasteiger partial charge in [-0.2, -0.15) is 0 Å². The van der Waals surface area contributed by atoms with Gasteiger partial charge in [0.05, 0.1) is 12.2 Å². The number of pyridine rings is 1. The van der Waals surface area contributed by atoms with Gasteiger partial charge < -0.3 is 19.9 Å². The summed E-state index contributed by atoms with van der Waals surface area (Å²) in [5, 5.41) is 6.57. The van der Waals surface area contributed by atoms with Crippen LogP contribution in [0.25, 0.3) is 5.65 Å². The summed E-state index contributed by atoms with van der Waals surface area (Å²) in [6.45, 7) is 1.62. The first-order valence-electron chi connectivity index (χ1n) is 9.23. The number of benzene rings is 1. The molecule has 1 atom stereocenters. The van der Waals surface area contributed by atoms with Crippen LogP contribution in [-0.2, 0) is 6.54 Å². The van der Waals surface area contributed by atoms with Crippen LogP contribution < -0.4 is 15.5 Å². The lowest BCUT2D eigenvalue weighted by Crippen LogP contribution is -2.44. The maximum Gasteiger partial charge on any atom is 0.191 e. The minimum Gasteiger partial charge on any atom is -0.365 e. The molecule has 1 aliphatic rings. The third-order valence-electron chi connectivity index (χ3n) is 4.86. The van der Waals surface area contributed by atoms with E-state index in [2.05, 4.69) is 20.6 Å². The highest BCUT2D eigenvalue weighted by Gasteiger charge is 2.27. The summed E-state index contributed by atoms with van der Waals surface area (Å²) in [6, 6.07) is 9.85. The van der Waals surface area contributed by atoms with E-state index in [1.54, 1.807) is 11.9 Å². The van der Waals surface area contributed by atoms with Crippen molar-refractivity contribution in [2.24, 2.45) is 4.99 Å². The molecule has 1 unspecified atom stereocenters. The fourth-order valence-corrected chi connectivity index (χ4v) is 3.51. The second-order valence-electron chi connectivity index (χ2n) is 6.77. The highest BCUT2D eigenvalue weighted by atomic mass is 127. The lowest BCUT2D eigenvalue weighted by Gasteiger charge is -2.21. The first kappa shape index (κ1) is 21.3. The number of aromatic nitrogens is 2. The second kappa shape index (κ2) is 9.38. The fourth-order valence-electron chi connectivity index (χ4n) is 3.51. The minimum atomic E-state index is -0.532. The van der Waals surface area contributed by atoms with Crippen LogP contribution in [0.3, 0.4) is 0 Å². The molecule has 1 aromatic carbocycles. The van der Waals surface area contributed by atoms with Gasteiger partial charge in [-0.05, 0) is 30.7 Å². The molecule has 0 spiro atoms. The summed E-state index contributed by atoms with van der Waals surface area (Å²) in [6.07, 6.45) is 4.69. The summed E-state index contributed by atoms with van der Waals surface area (Å²) in [4.78, 5) is 10.5. The van der Waals surface area contributed by atoms with Crippen LogP contribution in [-0.4, -0.2) is 41.5 Å². The van der Waals surface area contributed by atoms with Crippen molar-refractivity contribution in [1.82, 2.24) is 20.0 Å². The standard InChI is InChI=1S/C20H22F2N6.HI/c1-23-20(24-11-15-13-27-9-3-2-7-18(27)25-15)26-14-8-10-28(12-14)19-16(21)5-4-6-17(19)22;/h2-7,9,13-14H,8,10-12H2,1H3,(H2,23,24,26);1H. The van der Waals surface area contributed by atoms with Gasteiger partial charge in [-0.25, -0.2) is 13.8 Å². The van der Waals surface area contributed by atoms with Crippen LogP contribution in [0.2, 0.25) is 0 Å². The lowest BCUT2D eigenvalue weighted by atomic mass is 10.2. The number of hydrogen-bond donors (Lipinski definition) is 2. The zero-order chi connectivity index (χ0) is 19.5. The SMILES string of the molecule is CN=C(NCc1cn2ccccc2n1)NC1CCN(c2c(F)cccc2F)C1.I. The predicted octanol–water partition coefficient (Wildman–Crippen LogP) is 3.17. The van der Waals surface area contributed by atoms with E-state index in [-0.39, 0.29) is 35.7 Å². The van der Waals surface area contributed by atoms with Gasteiger partial charge in [-0.3, -0.25) is 4.99 Å². The van der Waals surface area contributed by atoms with Gasteiger partial charge in [0.1, 0.15) is 23.0 Å². The van der Waals surface area contributed by atoms with Crippen LogP contribution in [0.5, 0.6) is 0 Å². The van der Waals surface area contributed by atoms with Crippen molar-refractivity contribution in [2.45, 2.75) is 19.0 Å². The first-order chi connectivity index (χ1) is 13.6. The molecule has 1 saturated heterocycles. The summed E-state index contributed by atoms with van der Waals surface area (Å²) >= 11 is 0. The zero-order valence-corrected chi connectivity index (χ0v) is 18.3. The van der Waals surface area contributed by atoms with Crippen molar-refractivity contribution in [2.75, 3.05) is 25.0 Å². The molecule has 0 radical (unpaired) electrons. The van der Waals surface area contributed by atoms with Crippen molar-refractivity contribution < 1.29 is 8.78 Å². The molecular weight excluding hydrogens is 489 g/mol. The Morgan fingerprint density at radius 3 is 2.72 bits per heavy atom. The quantitative estimate of drug-likeness (QED) is 0.321. The number of halogens is 3. The Bertz CT molecular complexity index is 952. The van der Waals surface area contributed by atoms with Crippen molar-refractivity contribution in [3.8, 4) is 0 Å². The molecule has 4 rings (SSSR count). The van der Waals surface area contributed by atoms with E-state index in [0.717, 1.165) is 17.8 Å². The molecule has 3 aromatic rings. The normalized spacial score (nSPS) is 16.7. The maximum atomic E-state index is 14.0. The Hall–Kier alpha value is -2.43. The summed E-state index contributed by atoms with van der Waals surface area (Å²) in [7, 11) is 1.70. The maximum absolute atomic E-state index is 14.0. The number of imidazole rings is 1. The fraction of sp³-hybridized carbons (Fsp3) is 0.300. The van der Waals surface area contributed by atoms with Gasteiger partial charge in [-0.15, -0.1) is 24.0 Å². The molecule has 0 saturated carbocycles. The molecule has 2 N–H and O–H groups in total. The summed E-state index contributed by atoms with van der Waals surface area (Å²) < 4.78 is 30.0. The Morgan fingerprint density at radius 2 is 2.00 bits per heavy atom. The number of guanidine groups is 1. The van der Waals surface area contributed by atoms with Crippen LogP contribution >= 0.6 is 24.0 Å². The Morgan fingerprint density at radius 1 is 1.21 bits per heavy atom. The van der Waals surface area contributed by atoms with E-state index in [1.165, 1.54) is 18.2 Å². The first-order valence-corrected chi connectivity index (χ1v) is 9.23. The highest BCUT2D eigenvalue weighted by molar-refractivity contribution is 14.0. The monoisotopic (exact) mass is 512 g/mol. The van der Waals surface area contributed by atoms with Crippen molar-refractivity contribution in [3.63, 3.8) is 0 Å². The topological polar surface area (TPSA) is 57.0 Å². The molecule has 6 nitrogen and oxygen atoms in total. The van der Waals surface area contributed by atoms with E-state index in [1.807, 2.05) is 35.0 Å². The van der Waals surface area contributed by atoms with Crippen molar-refractivity contribution in [1.29, 1.82) is 0 Å². The number of fused-ring (bicyclic) bond motifs is 1. The van der Waals surface area contributed by atoms with Gasteiger partial charge in [0.25, 0.3) is 0 Å². The summed E-state index contributed by atoms with van der Waals surface area (Å²) in [5.41, 5.74) is 1.83. The second-order valence-corrected chi connectivity index (χ2v) is 6.77. The van der Waals surface area contributed by atoms with E-state index in [9.17, 15) is 8.78 Å². The number of rotatable bonds is 4. The Balaban J connectivity index is 0.00000240. The smallest absolute Gasteiger partial charge is 0.191 e. The van der Waals surface area contributed by atoms with Gasteiger partial charge in [0.15, 0.2) is 5.96 Å². The van der Waals surface area contributed by atoms with Crippen LogP contribution in [0.4, 0.5) is 14.5 Å². The summed E-state index contributed by atoms with van der Waals surface area (Å²) in [5.74, 6) is -0.428. The van der Waals surface area contributed by atoms with Crippen LogP contribution in [0.1, 0.15) is 12.1 Å². The number of aliphatic imine (C=N–C) groups is 1. The van der Waals surface area contributed by atoms with Crippen LogP contribution in [0, 0.1) is 11.6 Å². The van der Waals surface area contributed by atoms with E-state index < -0.39 is 11.6 Å². The van der Waals surface area contributed by atoms with Gasteiger partial charge >= 0.3 is 0 Å². The highest BCUT2D eigenvalue weighted by Crippen LogP contribution is 2.26. The third-order valence-corrected chi connectivity index (χ3v) is 4.86. The molecule has 1 aliphatic heterocycles. The number of para-hydroxylation sites is 1. The lowest BCUT2D eigenvalue weighted by molar-refractivity contribution is 0.576. The molecular formula is C20H23F2IN6. The zero-order valence-electron chi connectivity index (χ0n) is 16.0. The van der Waals surface area contributed by atoms with E-state index >= 15 is 0 Å². The molecule has 9 heteroatoms. The van der Waals surface area contributed by atoms with E-state index in [0.29, 0.717) is 25.6 Å². The van der Waals surface area contributed by atoms with Gasteiger partial charge in [0, 0.05) is 38.6 Å². The third kappa shape index (κ3) is 4.77. The molecule has 0 bridgehead atoms. The average Bonchev–Trinajstić information content (AvgIpc) is 3.31. The van der Waals surface area contributed by atoms with Crippen molar-refractivity contribution >= 4 is 41.3 Å². The number of hydrogen-bond acceptors (Lipinski definition) is 3. The average molecular weight is 512 g/mol. The molecule has 1 fully saturated rings. The molecule has 0 amide bonds. The number of nitrogens with zero attached hydrogens (tertiary/aromatic N) is 4. The predicted molar refractivity (Wildman–Crippen MR) is 121 cm³/mol. The van der Waals surface area contributed by atoms with Gasteiger partial charge in [0.2, 0.25) is 0 Å². The van der Waals surface area contributed by atoms with Gasteiger partial charge in [-0.1, -0.05) is 12.1 Å². The molecule has 2 aromatic heterocycles. The Kier molecular flexibility index (Phi) is 6.88.